The fraction of sp³-hybridized carbons (Fsp3) is 0.692. The molecule has 0 aliphatic heterocycles. The quantitative estimate of drug-likeness (QED) is 0.328. The molecule has 0 saturated carbocycles. The van der Waals surface area contributed by atoms with E-state index in [1.54, 1.807) is 0 Å². The van der Waals surface area contributed by atoms with Crippen molar-refractivity contribution in [3.63, 3.8) is 0 Å². The number of nitrogens with one attached hydrogen (secondary N) is 1. The number of carboxylic acid groups (broad SMARTS) is 2. The van der Waals surface area contributed by atoms with Crippen LogP contribution in [0.1, 0.15) is 41.5 Å². The van der Waals surface area contributed by atoms with Gasteiger partial charge in [-0.15, -0.1) is 0 Å². The Hall–Kier alpha value is -2.01. The molecule has 0 bridgehead atoms. The van der Waals surface area contributed by atoms with Crippen molar-refractivity contribution in [1.82, 2.24) is 0 Å². The standard InChI is InChI=1S/C13H20N2O5/c1-11(2,3)13(10(19)20,12(4,5)6)8(16)7(15-14)9(17)18/h14H,1-6H3,(H-,17,18,19,20). The van der Waals surface area contributed by atoms with Crippen molar-refractivity contribution < 1.29 is 29.4 Å². The normalized spacial score (nSPS) is 12.5. The average Bonchev–Trinajstić information content (AvgIpc) is 2.12. The van der Waals surface area contributed by atoms with E-state index in [2.05, 4.69) is 4.79 Å². The fourth-order valence-corrected chi connectivity index (χ4v) is 2.88. The summed E-state index contributed by atoms with van der Waals surface area (Å²) in [6, 6.07) is 0. The number of rotatable bonds is 4. The Labute approximate surface area is 117 Å². The van der Waals surface area contributed by atoms with Crippen LogP contribution in [0.3, 0.4) is 0 Å². The summed E-state index contributed by atoms with van der Waals surface area (Å²) in [6.07, 6.45) is 0. The molecular weight excluding hydrogens is 264 g/mol. The van der Waals surface area contributed by atoms with Crippen LogP contribution in [0.15, 0.2) is 0 Å². The molecule has 0 heterocycles. The second kappa shape index (κ2) is 5.17. The molecule has 0 aromatic rings. The minimum Gasteiger partial charge on any atom is -0.549 e. The van der Waals surface area contributed by atoms with E-state index in [-0.39, 0.29) is 0 Å². The maximum absolute atomic E-state index is 12.5. The van der Waals surface area contributed by atoms with Gasteiger partial charge in [0.25, 0.3) is 5.78 Å². The number of aliphatic carboxylic acids is 2. The first-order valence-electron chi connectivity index (χ1n) is 5.99. The highest BCUT2D eigenvalue weighted by Crippen LogP contribution is 2.52. The van der Waals surface area contributed by atoms with Crippen LogP contribution >= 0.6 is 0 Å². The summed E-state index contributed by atoms with van der Waals surface area (Å²) >= 11 is 0. The molecule has 0 saturated heterocycles. The van der Waals surface area contributed by atoms with Gasteiger partial charge in [0.2, 0.25) is 0 Å². The number of ketones is 1. The summed E-state index contributed by atoms with van der Waals surface area (Å²) in [6.45, 7) is 9.06. The minimum absolute atomic E-state index is 1.11. The lowest BCUT2D eigenvalue weighted by molar-refractivity contribution is -0.327. The summed E-state index contributed by atoms with van der Waals surface area (Å²) in [5.41, 5.74) is 1.32. The number of carboxylic acids is 2. The van der Waals surface area contributed by atoms with Gasteiger partial charge in [0, 0.05) is 0 Å². The third-order valence-electron chi connectivity index (χ3n) is 3.43. The predicted octanol–water partition coefficient (Wildman–Crippen LogP) is 0.149. The molecule has 0 atom stereocenters. The van der Waals surface area contributed by atoms with E-state index in [4.69, 9.17) is 10.6 Å². The molecule has 112 valence electrons. The molecule has 2 N–H and O–H groups in total. The van der Waals surface area contributed by atoms with E-state index in [1.165, 1.54) is 41.5 Å². The Balaban J connectivity index is 6.61. The van der Waals surface area contributed by atoms with Gasteiger partial charge in [-0.2, -0.15) is 0 Å². The number of carbonyl (C=O) groups excluding carboxylic acids is 2. The van der Waals surface area contributed by atoms with Crippen LogP contribution in [0.2, 0.25) is 0 Å². The third kappa shape index (κ3) is 2.49. The minimum atomic E-state index is -2.13. The van der Waals surface area contributed by atoms with E-state index in [9.17, 15) is 19.5 Å². The van der Waals surface area contributed by atoms with E-state index < -0.39 is 39.7 Å². The SMILES string of the molecule is CC(C)(C)C(C(=O)[O-])(C(=O)C(=[N+]=N)C(=O)O)C(C)(C)C. The molecule has 0 aliphatic carbocycles. The molecule has 7 nitrogen and oxygen atoms in total. The monoisotopic (exact) mass is 284 g/mol. The third-order valence-corrected chi connectivity index (χ3v) is 3.43. The van der Waals surface area contributed by atoms with Crippen molar-refractivity contribution in [1.29, 1.82) is 5.53 Å². The van der Waals surface area contributed by atoms with E-state index in [0.717, 1.165) is 0 Å². The van der Waals surface area contributed by atoms with Gasteiger partial charge in [-0.3, -0.25) is 4.79 Å². The molecule has 0 radical (unpaired) electrons. The summed E-state index contributed by atoms with van der Waals surface area (Å²) in [7, 11) is 0. The van der Waals surface area contributed by atoms with Gasteiger partial charge in [-0.1, -0.05) is 41.5 Å². The molecule has 0 amide bonds. The van der Waals surface area contributed by atoms with Crippen molar-refractivity contribution >= 4 is 23.4 Å². The first kappa shape index (κ1) is 18.0. The molecule has 7 heteroatoms. The summed E-state index contributed by atoms with van der Waals surface area (Å²) in [5.74, 6) is -4.63. The van der Waals surface area contributed by atoms with E-state index >= 15 is 0 Å². The van der Waals surface area contributed by atoms with Crippen LogP contribution in [0, 0.1) is 21.8 Å². The zero-order valence-electron chi connectivity index (χ0n) is 12.5. The fourth-order valence-electron chi connectivity index (χ4n) is 2.88. The van der Waals surface area contributed by atoms with Crippen LogP contribution in [0.25, 0.3) is 0 Å². The van der Waals surface area contributed by atoms with Crippen molar-refractivity contribution in [3.05, 3.63) is 0 Å². The molecule has 20 heavy (non-hydrogen) atoms. The Bertz CT molecular complexity index is 488. The highest BCUT2D eigenvalue weighted by Gasteiger charge is 2.62. The molecule has 0 aromatic heterocycles. The molecular formula is C13H20N2O5. The summed E-state index contributed by atoms with van der Waals surface area (Å²) in [4.78, 5) is 38.0. The average molecular weight is 284 g/mol. The highest BCUT2D eigenvalue weighted by atomic mass is 16.4. The van der Waals surface area contributed by atoms with Crippen LogP contribution in [-0.2, 0) is 14.4 Å². The number of Topliss-reactive ketones (excluding diaryl/α,β-unsaturated/α-hetero) is 1. The number of hydrogen-bond donors (Lipinski definition) is 2. The van der Waals surface area contributed by atoms with Crippen LogP contribution in [-0.4, -0.2) is 33.3 Å². The van der Waals surface area contributed by atoms with Crippen molar-refractivity contribution in [3.8, 4) is 0 Å². The topological polar surface area (TPSA) is 132 Å². The van der Waals surface area contributed by atoms with Crippen LogP contribution < -0.4 is 5.11 Å². The van der Waals surface area contributed by atoms with E-state index in [1.807, 2.05) is 0 Å². The lowest BCUT2D eigenvalue weighted by Gasteiger charge is -2.51. The van der Waals surface area contributed by atoms with Crippen molar-refractivity contribution in [2.45, 2.75) is 41.5 Å². The Morgan fingerprint density at radius 2 is 1.35 bits per heavy atom. The van der Waals surface area contributed by atoms with Crippen molar-refractivity contribution in [2.24, 2.45) is 16.2 Å². The maximum atomic E-state index is 12.5. The Morgan fingerprint density at radius 3 is 1.50 bits per heavy atom. The number of carbonyl (C=O) groups is 3. The Morgan fingerprint density at radius 1 is 1.00 bits per heavy atom. The van der Waals surface area contributed by atoms with Gasteiger partial charge < -0.3 is 15.0 Å². The molecule has 0 fully saturated rings. The lowest BCUT2D eigenvalue weighted by atomic mass is 9.51. The van der Waals surface area contributed by atoms with E-state index in [0.29, 0.717) is 0 Å². The van der Waals surface area contributed by atoms with Gasteiger partial charge in [0.1, 0.15) is 0 Å². The second-order valence-electron chi connectivity index (χ2n) is 6.63. The van der Waals surface area contributed by atoms with Crippen molar-refractivity contribution in [2.75, 3.05) is 0 Å². The van der Waals surface area contributed by atoms with Crippen LogP contribution in [0.5, 0.6) is 0 Å². The number of hydrogen-bond acceptors (Lipinski definition) is 5. The first-order valence-corrected chi connectivity index (χ1v) is 5.99. The molecule has 0 spiro atoms. The van der Waals surface area contributed by atoms with Gasteiger partial charge >= 0.3 is 11.7 Å². The molecule has 0 rings (SSSR count). The van der Waals surface area contributed by atoms with Gasteiger partial charge in [0.15, 0.2) is 0 Å². The maximum Gasteiger partial charge on any atom is 0.491 e. The predicted molar refractivity (Wildman–Crippen MR) is 67.0 cm³/mol. The zero-order valence-corrected chi connectivity index (χ0v) is 12.5. The molecule has 0 unspecified atom stereocenters. The summed E-state index contributed by atoms with van der Waals surface area (Å²) < 4.78 is 0. The lowest BCUT2D eigenvalue weighted by Crippen LogP contribution is -2.64. The summed E-state index contributed by atoms with van der Waals surface area (Å²) in [5, 5.41) is 20.7. The first-order chi connectivity index (χ1) is 8.75. The van der Waals surface area contributed by atoms with Gasteiger partial charge in [-0.05, 0) is 10.8 Å². The largest absolute Gasteiger partial charge is 0.549 e. The smallest absolute Gasteiger partial charge is 0.491 e. The number of nitrogens with zero attached hydrogens (tertiary/aromatic N) is 1. The molecule has 0 aliphatic rings. The zero-order chi connectivity index (χ0) is 16.5. The van der Waals surface area contributed by atoms with Crippen LogP contribution in [0.4, 0.5) is 0 Å². The van der Waals surface area contributed by atoms with Gasteiger partial charge in [-0.25, -0.2) is 4.79 Å². The second-order valence-corrected chi connectivity index (χ2v) is 6.63. The molecule has 0 aromatic carbocycles. The van der Waals surface area contributed by atoms with Gasteiger partial charge in [0.05, 0.1) is 21.7 Å². The highest BCUT2D eigenvalue weighted by molar-refractivity contribution is 6.64. The Kier molecular flexibility index (Phi) is 4.65.